The standard InChI is InChI=1S/C20H23NO4S/c1-12-13(9-10-26-12)11-15-14-7-5-6-8-16(14)21(17(15)18(22)23)19(24)25-20(2,3)4/h5-10,15,17H,11H2,1-4H3,(H,22,23). The van der Waals surface area contributed by atoms with Crippen LogP contribution in [-0.2, 0) is 16.0 Å². The summed E-state index contributed by atoms with van der Waals surface area (Å²) in [5.41, 5.74) is 1.91. The van der Waals surface area contributed by atoms with E-state index in [1.54, 1.807) is 38.2 Å². The van der Waals surface area contributed by atoms with E-state index in [4.69, 9.17) is 4.74 Å². The van der Waals surface area contributed by atoms with E-state index in [1.807, 2.05) is 36.6 Å². The van der Waals surface area contributed by atoms with Crippen LogP contribution in [0.4, 0.5) is 10.5 Å². The number of amides is 1. The smallest absolute Gasteiger partial charge is 0.415 e. The highest BCUT2D eigenvalue weighted by Gasteiger charge is 2.47. The molecule has 1 N–H and O–H groups in total. The number of carboxylic acids is 1. The Kier molecular flexibility index (Phi) is 4.80. The minimum atomic E-state index is -1.02. The summed E-state index contributed by atoms with van der Waals surface area (Å²) in [6.07, 6.45) is -0.0512. The Hall–Kier alpha value is -2.34. The summed E-state index contributed by atoms with van der Waals surface area (Å²) < 4.78 is 5.49. The van der Waals surface area contributed by atoms with Crippen molar-refractivity contribution in [3.05, 3.63) is 51.7 Å². The van der Waals surface area contributed by atoms with Gasteiger partial charge in [0.2, 0.25) is 0 Å². The number of anilines is 1. The Balaban J connectivity index is 2.03. The lowest BCUT2D eigenvalue weighted by Crippen LogP contribution is -2.47. The maximum atomic E-state index is 12.8. The molecule has 2 atom stereocenters. The molecule has 3 rings (SSSR count). The molecule has 0 aliphatic carbocycles. The zero-order chi connectivity index (χ0) is 19.1. The zero-order valence-corrected chi connectivity index (χ0v) is 16.2. The summed E-state index contributed by atoms with van der Waals surface area (Å²) in [6.45, 7) is 7.35. The largest absolute Gasteiger partial charge is 0.480 e. The molecule has 2 heterocycles. The highest BCUT2D eigenvalue weighted by molar-refractivity contribution is 7.10. The Labute approximate surface area is 157 Å². The number of para-hydroxylation sites is 1. The number of thiophene rings is 1. The van der Waals surface area contributed by atoms with E-state index in [0.29, 0.717) is 12.1 Å². The molecule has 138 valence electrons. The summed E-state index contributed by atoms with van der Waals surface area (Å²) in [5, 5.41) is 11.9. The van der Waals surface area contributed by atoms with E-state index in [2.05, 4.69) is 0 Å². The van der Waals surface area contributed by atoms with E-state index in [1.165, 1.54) is 9.78 Å². The van der Waals surface area contributed by atoms with Gasteiger partial charge in [0.15, 0.2) is 0 Å². The minimum absolute atomic E-state index is 0.315. The summed E-state index contributed by atoms with van der Waals surface area (Å²) in [7, 11) is 0. The lowest BCUT2D eigenvalue weighted by atomic mass is 9.89. The highest BCUT2D eigenvalue weighted by Crippen LogP contribution is 2.44. The van der Waals surface area contributed by atoms with Crippen LogP contribution in [0.25, 0.3) is 0 Å². The second-order valence-electron chi connectivity index (χ2n) is 7.50. The lowest BCUT2D eigenvalue weighted by molar-refractivity contribution is -0.139. The van der Waals surface area contributed by atoms with Crippen LogP contribution in [0.5, 0.6) is 0 Å². The van der Waals surface area contributed by atoms with Gasteiger partial charge in [-0.15, -0.1) is 11.3 Å². The molecule has 1 aromatic heterocycles. The fourth-order valence-electron chi connectivity index (χ4n) is 3.41. The molecule has 0 spiro atoms. The van der Waals surface area contributed by atoms with Crippen molar-refractivity contribution in [2.45, 2.75) is 51.7 Å². The van der Waals surface area contributed by atoms with Crippen LogP contribution in [0.2, 0.25) is 0 Å². The van der Waals surface area contributed by atoms with Gasteiger partial charge in [0, 0.05) is 10.8 Å². The third-order valence-electron chi connectivity index (χ3n) is 4.50. The first kappa shape index (κ1) is 18.5. The second-order valence-corrected chi connectivity index (χ2v) is 8.63. The van der Waals surface area contributed by atoms with E-state index in [9.17, 15) is 14.7 Å². The van der Waals surface area contributed by atoms with Gasteiger partial charge in [-0.1, -0.05) is 18.2 Å². The maximum absolute atomic E-state index is 12.8. The first-order chi connectivity index (χ1) is 12.2. The van der Waals surface area contributed by atoms with Crippen molar-refractivity contribution >= 4 is 29.1 Å². The number of hydrogen-bond donors (Lipinski definition) is 1. The maximum Gasteiger partial charge on any atom is 0.415 e. The van der Waals surface area contributed by atoms with Crippen LogP contribution < -0.4 is 4.90 Å². The van der Waals surface area contributed by atoms with Crippen molar-refractivity contribution in [2.75, 3.05) is 4.90 Å². The average molecular weight is 373 g/mol. The van der Waals surface area contributed by atoms with Crippen molar-refractivity contribution in [1.29, 1.82) is 0 Å². The molecule has 1 aliphatic heterocycles. The monoisotopic (exact) mass is 373 g/mol. The molecule has 2 unspecified atom stereocenters. The lowest BCUT2D eigenvalue weighted by Gasteiger charge is -2.28. The van der Waals surface area contributed by atoms with E-state index < -0.39 is 23.7 Å². The van der Waals surface area contributed by atoms with Gasteiger partial charge in [0.1, 0.15) is 11.6 Å². The summed E-state index contributed by atoms with van der Waals surface area (Å²) >= 11 is 1.64. The third-order valence-corrected chi connectivity index (χ3v) is 5.39. The predicted molar refractivity (Wildman–Crippen MR) is 102 cm³/mol. The molecule has 0 saturated carbocycles. The van der Waals surface area contributed by atoms with Crippen LogP contribution in [-0.4, -0.2) is 28.8 Å². The van der Waals surface area contributed by atoms with E-state index in [-0.39, 0.29) is 5.92 Å². The molecule has 6 heteroatoms. The van der Waals surface area contributed by atoms with Gasteiger partial charge < -0.3 is 9.84 Å². The number of aliphatic carboxylic acids is 1. The van der Waals surface area contributed by atoms with Gasteiger partial charge in [-0.05, 0) is 62.8 Å². The SMILES string of the molecule is Cc1sccc1CC1c2ccccc2N(C(=O)OC(C)(C)C)C1C(=O)O. The quantitative estimate of drug-likeness (QED) is 0.854. The molecule has 0 saturated heterocycles. The normalized spacial score (nSPS) is 19.3. The van der Waals surface area contributed by atoms with Gasteiger partial charge in [0.25, 0.3) is 0 Å². The van der Waals surface area contributed by atoms with Crippen LogP contribution in [0.3, 0.4) is 0 Å². The predicted octanol–water partition coefficient (Wildman–Crippen LogP) is 4.59. The number of carbonyl (C=O) groups is 2. The molecule has 1 amide bonds. The topological polar surface area (TPSA) is 66.8 Å². The Morgan fingerprint density at radius 1 is 1.23 bits per heavy atom. The molecule has 0 fully saturated rings. The van der Waals surface area contributed by atoms with Crippen molar-refractivity contribution in [3.8, 4) is 0 Å². The van der Waals surface area contributed by atoms with E-state index in [0.717, 1.165) is 11.1 Å². The number of aryl methyl sites for hydroxylation is 1. The van der Waals surface area contributed by atoms with Gasteiger partial charge in [0.05, 0.1) is 5.69 Å². The number of benzene rings is 1. The third kappa shape index (κ3) is 3.46. The number of ether oxygens (including phenoxy) is 1. The summed E-state index contributed by atoms with van der Waals surface area (Å²) in [6, 6.07) is 8.42. The zero-order valence-electron chi connectivity index (χ0n) is 15.4. The summed E-state index contributed by atoms with van der Waals surface area (Å²) in [4.78, 5) is 27.4. The molecular formula is C20H23NO4S. The van der Waals surface area contributed by atoms with E-state index >= 15 is 0 Å². The first-order valence-corrected chi connectivity index (χ1v) is 9.44. The molecule has 1 aromatic carbocycles. The van der Waals surface area contributed by atoms with Crippen molar-refractivity contribution in [2.24, 2.45) is 0 Å². The van der Waals surface area contributed by atoms with Gasteiger partial charge in [-0.3, -0.25) is 4.90 Å². The number of fused-ring (bicyclic) bond motifs is 1. The van der Waals surface area contributed by atoms with Gasteiger partial charge in [-0.25, -0.2) is 9.59 Å². The number of nitrogens with zero attached hydrogens (tertiary/aromatic N) is 1. The number of hydrogen-bond acceptors (Lipinski definition) is 4. The molecule has 0 bridgehead atoms. The van der Waals surface area contributed by atoms with Crippen LogP contribution in [0.15, 0.2) is 35.7 Å². The summed E-state index contributed by atoms with van der Waals surface area (Å²) in [5.74, 6) is -1.34. The average Bonchev–Trinajstić information content (AvgIpc) is 3.08. The van der Waals surface area contributed by atoms with Gasteiger partial charge in [-0.2, -0.15) is 0 Å². The molecular weight excluding hydrogens is 350 g/mol. The minimum Gasteiger partial charge on any atom is -0.480 e. The number of rotatable bonds is 3. The fourth-order valence-corrected chi connectivity index (χ4v) is 4.15. The number of carboxylic acid groups (broad SMARTS) is 1. The Morgan fingerprint density at radius 2 is 1.92 bits per heavy atom. The Bertz CT molecular complexity index is 836. The second kappa shape index (κ2) is 6.76. The number of carbonyl (C=O) groups excluding carboxylic acids is 1. The van der Waals surface area contributed by atoms with Crippen LogP contribution >= 0.6 is 11.3 Å². The fraction of sp³-hybridized carbons (Fsp3) is 0.400. The van der Waals surface area contributed by atoms with Gasteiger partial charge >= 0.3 is 12.1 Å². The van der Waals surface area contributed by atoms with Crippen molar-refractivity contribution in [3.63, 3.8) is 0 Å². The van der Waals surface area contributed by atoms with Crippen molar-refractivity contribution < 1.29 is 19.4 Å². The first-order valence-electron chi connectivity index (χ1n) is 8.56. The molecule has 26 heavy (non-hydrogen) atoms. The van der Waals surface area contributed by atoms with Crippen molar-refractivity contribution in [1.82, 2.24) is 0 Å². The molecule has 1 aliphatic rings. The highest BCUT2D eigenvalue weighted by atomic mass is 32.1. The van der Waals surface area contributed by atoms with Crippen LogP contribution in [0, 0.1) is 6.92 Å². The molecule has 0 radical (unpaired) electrons. The van der Waals surface area contributed by atoms with Crippen LogP contribution in [0.1, 0.15) is 42.7 Å². The molecule has 5 nitrogen and oxygen atoms in total. The molecule has 2 aromatic rings. The Morgan fingerprint density at radius 3 is 2.50 bits per heavy atom.